The fraction of sp³-hybridized carbons (Fsp3) is 0.0476. The van der Waals surface area contributed by atoms with Gasteiger partial charge in [-0.3, -0.25) is 15.1 Å². The number of aromatic nitrogens is 3. The predicted octanol–water partition coefficient (Wildman–Crippen LogP) is 4.03. The molecule has 2 heterocycles. The average Bonchev–Trinajstić information content (AvgIpc) is 2.75. The van der Waals surface area contributed by atoms with Gasteiger partial charge in [-0.05, 0) is 30.3 Å². The van der Waals surface area contributed by atoms with Gasteiger partial charge in [0.2, 0.25) is 5.95 Å². The predicted molar refractivity (Wildman–Crippen MR) is 108 cm³/mol. The normalized spacial score (nSPS) is 10.5. The smallest absolute Gasteiger partial charge is 0.258 e. The molecule has 28 heavy (non-hydrogen) atoms. The number of rotatable bonds is 5. The van der Waals surface area contributed by atoms with Crippen LogP contribution in [0.15, 0.2) is 73.2 Å². The summed E-state index contributed by atoms with van der Waals surface area (Å²) in [4.78, 5) is 24.9. The Kier molecular flexibility index (Phi) is 4.79. The fourth-order valence-corrected chi connectivity index (χ4v) is 2.74. The zero-order valence-electron chi connectivity index (χ0n) is 15.1. The molecule has 0 saturated heterocycles. The molecule has 2 N–H and O–H groups in total. The summed E-state index contributed by atoms with van der Waals surface area (Å²) in [6.07, 6.45) is 4.95. The Morgan fingerprint density at radius 3 is 2.50 bits per heavy atom. The van der Waals surface area contributed by atoms with Crippen molar-refractivity contribution in [1.82, 2.24) is 15.0 Å². The minimum atomic E-state index is -0.254. The molecule has 4 aromatic rings. The lowest BCUT2D eigenvalue weighted by Crippen LogP contribution is -2.13. The molecule has 2 aromatic carbocycles. The first-order valence-corrected chi connectivity index (χ1v) is 8.61. The Balaban J connectivity index is 1.51. The van der Waals surface area contributed by atoms with Crippen molar-refractivity contribution in [2.75, 3.05) is 17.7 Å². The van der Waals surface area contributed by atoms with Crippen molar-refractivity contribution in [1.29, 1.82) is 0 Å². The molecule has 2 aromatic heterocycles. The van der Waals surface area contributed by atoms with Crippen LogP contribution in [0.2, 0.25) is 0 Å². The minimum absolute atomic E-state index is 0.240. The number of carbonyl (C=O) groups excluding carboxylic acids is 1. The molecular formula is C21H17N5O2. The maximum atomic E-state index is 12.2. The minimum Gasteiger partial charge on any atom is -0.497 e. The maximum absolute atomic E-state index is 12.2. The van der Waals surface area contributed by atoms with E-state index in [1.54, 1.807) is 50.0 Å². The first-order valence-electron chi connectivity index (χ1n) is 8.61. The van der Waals surface area contributed by atoms with Crippen LogP contribution < -0.4 is 15.4 Å². The van der Waals surface area contributed by atoms with Crippen LogP contribution in [0, 0.1) is 0 Å². The van der Waals surface area contributed by atoms with Crippen molar-refractivity contribution < 1.29 is 9.53 Å². The van der Waals surface area contributed by atoms with Gasteiger partial charge >= 0.3 is 0 Å². The molecule has 0 fully saturated rings. The number of carbonyl (C=O) groups is 1. The fourth-order valence-electron chi connectivity index (χ4n) is 2.74. The summed E-state index contributed by atoms with van der Waals surface area (Å²) >= 11 is 0. The molecule has 0 radical (unpaired) electrons. The molecular weight excluding hydrogens is 354 g/mol. The van der Waals surface area contributed by atoms with Crippen molar-refractivity contribution in [3.8, 4) is 5.75 Å². The van der Waals surface area contributed by atoms with Gasteiger partial charge in [0.1, 0.15) is 5.75 Å². The molecule has 1 amide bonds. The molecule has 4 rings (SSSR count). The van der Waals surface area contributed by atoms with Crippen molar-refractivity contribution in [2.45, 2.75) is 0 Å². The highest BCUT2D eigenvalue weighted by Crippen LogP contribution is 2.27. The van der Waals surface area contributed by atoms with Gasteiger partial charge in [0.15, 0.2) is 0 Å². The summed E-state index contributed by atoms with van der Waals surface area (Å²) in [5, 5.41) is 6.91. The third-order valence-corrected chi connectivity index (χ3v) is 4.14. The number of nitrogens with zero attached hydrogens (tertiary/aromatic N) is 3. The number of amides is 1. The molecule has 138 valence electrons. The lowest BCUT2D eigenvalue weighted by molar-refractivity contribution is 0.102. The number of benzene rings is 2. The van der Waals surface area contributed by atoms with E-state index in [0.717, 1.165) is 22.3 Å². The summed E-state index contributed by atoms with van der Waals surface area (Å²) in [5.41, 5.74) is 2.93. The van der Waals surface area contributed by atoms with Gasteiger partial charge in [-0.2, -0.15) is 0 Å². The van der Waals surface area contributed by atoms with Crippen LogP contribution in [0.5, 0.6) is 5.75 Å². The van der Waals surface area contributed by atoms with Gasteiger partial charge in [0, 0.05) is 28.9 Å². The van der Waals surface area contributed by atoms with Gasteiger partial charge in [-0.1, -0.05) is 18.2 Å². The van der Waals surface area contributed by atoms with E-state index in [4.69, 9.17) is 4.74 Å². The number of methoxy groups -OCH3 is 1. The largest absolute Gasteiger partial charge is 0.497 e. The number of anilines is 3. The molecule has 0 aliphatic heterocycles. The summed E-state index contributed by atoms with van der Waals surface area (Å²) in [6, 6.07) is 16.5. The zero-order chi connectivity index (χ0) is 19.3. The number of nitrogens with one attached hydrogen (secondary N) is 2. The highest BCUT2D eigenvalue weighted by molar-refractivity contribution is 6.03. The second-order valence-electron chi connectivity index (χ2n) is 5.98. The molecule has 0 atom stereocenters. The Morgan fingerprint density at radius 1 is 0.964 bits per heavy atom. The van der Waals surface area contributed by atoms with Crippen molar-refractivity contribution in [2.24, 2.45) is 0 Å². The number of pyridine rings is 1. The van der Waals surface area contributed by atoms with Gasteiger partial charge in [-0.15, -0.1) is 0 Å². The van der Waals surface area contributed by atoms with E-state index in [2.05, 4.69) is 25.6 Å². The zero-order valence-corrected chi connectivity index (χ0v) is 15.1. The second-order valence-corrected chi connectivity index (χ2v) is 5.98. The summed E-state index contributed by atoms with van der Waals surface area (Å²) in [5.74, 6) is 0.734. The van der Waals surface area contributed by atoms with E-state index >= 15 is 0 Å². The molecule has 7 nitrogen and oxygen atoms in total. The number of fused-ring (bicyclic) bond motifs is 1. The molecule has 0 unspecified atom stereocenters. The lowest BCUT2D eigenvalue weighted by atomic mass is 10.2. The van der Waals surface area contributed by atoms with Crippen LogP contribution >= 0.6 is 0 Å². The van der Waals surface area contributed by atoms with E-state index in [-0.39, 0.29) is 11.9 Å². The van der Waals surface area contributed by atoms with Gasteiger partial charge in [-0.25, -0.2) is 9.97 Å². The van der Waals surface area contributed by atoms with Crippen LogP contribution in [-0.4, -0.2) is 28.0 Å². The standard InChI is InChI=1S/C21H17N5O2/c1-28-16-7-8-17-18(9-10-22-19(17)11-16)25-15-12-23-21(24-13-15)26-20(27)14-5-3-2-4-6-14/h2-13H,1H3,(H,22,25)(H,23,24,26,27). The molecule has 0 aliphatic carbocycles. The number of ether oxygens (including phenoxy) is 1. The highest BCUT2D eigenvalue weighted by Gasteiger charge is 2.08. The molecule has 0 spiro atoms. The van der Waals surface area contributed by atoms with E-state index in [0.29, 0.717) is 11.3 Å². The topological polar surface area (TPSA) is 89.0 Å². The highest BCUT2D eigenvalue weighted by atomic mass is 16.5. The van der Waals surface area contributed by atoms with E-state index in [1.807, 2.05) is 30.3 Å². The first-order chi connectivity index (χ1) is 13.7. The van der Waals surface area contributed by atoms with E-state index < -0.39 is 0 Å². The third kappa shape index (κ3) is 3.73. The molecule has 0 saturated carbocycles. The van der Waals surface area contributed by atoms with E-state index in [1.165, 1.54) is 0 Å². The van der Waals surface area contributed by atoms with Gasteiger partial charge in [0.05, 0.1) is 30.7 Å². The SMILES string of the molecule is COc1ccc2c(Nc3cnc(NC(=O)c4ccccc4)nc3)ccnc2c1. The van der Waals surface area contributed by atoms with Crippen LogP contribution in [-0.2, 0) is 0 Å². The summed E-state index contributed by atoms with van der Waals surface area (Å²) in [7, 11) is 1.62. The van der Waals surface area contributed by atoms with Crippen molar-refractivity contribution in [3.63, 3.8) is 0 Å². The average molecular weight is 371 g/mol. The van der Waals surface area contributed by atoms with Crippen molar-refractivity contribution >= 4 is 34.1 Å². The number of hydrogen-bond donors (Lipinski definition) is 2. The molecule has 7 heteroatoms. The monoisotopic (exact) mass is 371 g/mol. The Morgan fingerprint density at radius 2 is 1.75 bits per heavy atom. The van der Waals surface area contributed by atoms with E-state index in [9.17, 15) is 4.79 Å². The van der Waals surface area contributed by atoms with Crippen LogP contribution in [0.25, 0.3) is 10.9 Å². The second kappa shape index (κ2) is 7.71. The lowest BCUT2D eigenvalue weighted by Gasteiger charge is -2.10. The molecule has 0 bridgehead atoms. The van der Waals surface area contributed by atoms with Crippen molar-refractivity contribution in [3.05, 3.63) is 78.8 Å². The molecule has 0 aliphatic rings. The van der Waals surface area contributed by atoms with Gasteiger partial charge in [0.25, 0.3) is 5.91 Å². The quantitative estimate of drug-likeness (QED) is 0.551. The summed E-state index contributed by atoms with van der Waals surface area (Å²) in [6.45, 7) is 0. The van der Waals surface area contributed by atoms with Gasteiger partial charge < -0.3 is 10.1 Å². The Hall–Kier alpha value is -4.00. The first kappa shape index (κ1) is 17.4. The van der Waals surface area contributed by atoms with Crippen LogP contribution in [0.3, 0.4) is 0 Å². The maximum Gasteiger partial charge on any atom is 0.258 e. The van der Waals surface area contributed by atoms with Crippen LogP contribution in [0.4, 0.5) is 17.3 Å². The Labute approximate surface area is 161 Å². The van der Waals surface area contributed by atoms with Crippen LogP contribution in [0.1, 0.15) is 10.4 Å². The third-order valence-electron chi connectivity index (χ3n) is 4.14. The number of hydrogen-bond acceptors (Lipinski definition) is 6. The summed E-state index contributed by atoms with van der Waals surface area (Å²) < 4.78 is 5.24. The Bertz CT molecular complexity index is 1110.